The third kappa shape index (κ3) is 4.18. The third-order valence-corrected chi connectivity index (χ3v) is 6.72. The number of piperidine rings is 1. The number of benzene rings is 2. The molecule has 0 radical (unpaired) electrons. The highest BCUT2D eigenvalue weighted by Crippen LogP contribution is 2.37. The van der Waals surface area contributed by atoms with Gasteiger partial charge in [0, 0.05) is 36.8 Å². The average molecular weight is 478 g/mol. The van der Waals surface area contributed by atoms with Crippen molar-refractivity contribution in [2.75, 3.05) is 23.7 Å². The van der Waals surface area contributed by atoms with Gasteiger partial charge in [0.25, 0.3) is 0 Å². The molecule has 180 valence electrons. The van der Waals surface area contributed by atoms with Crippen molar-refractivity contribution in [3.8, 4) is 34.8 Å². The van der Waals surface area contributed by atoms with Crippen LogP contribution in [-0.4, -0.2) is 27.6 Å². The summed E-state index contributed by atoms with van der Waals surface area (Å²) in [6, 6.07) is 18.3. The number of nitrogens with two attached hydrogens (primary N) is 1. The first-order valence-electron chi connectivity index (χ1n) is 12.1. The van der Waals surface area contributed by atoms with Crippen molar-refractivity contribution in [1.29, 1.82) is 10.5 Å². The van der Waals surface area contributed by atoms with E-state index in [1.54, 1.807) is 0 Å². The van der Waals surface area contributed by atoms with E-state index in [-0.39, 0.29) is 12.0 Å². The fourth-order valence-corrected chi connectivity index (χ4v) is 4.78. The molecule has 2 aromatic heterocycles. The van der Waals surface area contributed by atoms with E-state index in [0.717, 1.165) is 53.8 Å². The summed E-state index contributed by atoms with van der Waals surface area (Å²) >= 11 is 0. The van der Waals surface area contributed by atoms with E-state index < -0.39 is 0 Å². The molecule has 3 heterocycles. The number of aromatic nitrogens is 3. The number of ether oxygens (including phenoxy) is 1. The minimum Gasteiger partial charge on any atom is -0.456 e. The van der Waals surface area contributed by atoms with Crippen LogP contribution in [0.25, 0.3) is 22.2 Å². The van der Waals surface area contributed by atoms with Gasteiger partial charge in [-0.15, -0.1) is 0 Å². The number of nitrogens with zero attached hydrogens (tertiary/aromatic N) is 6. The van der Waals surface area contributed by atoms with Crippen molar-refractivity contribution in [3.63, 3.8) is 0 Å². The summed E-state index contributed by atoms with van der Waals surface area (Å²) in [5.41, 5.74) is 10.3. The van der Waals surface area contributed by atoms with Crippen LogP contribution in [0.1, 0.15) is 38.3 Å². The van der Waals surface area contributed by atoms with Crippen LogP contribution in [0.5, 0.6) is 11.5 Å². The minimum absolute atomic E-state index is 0.0845. The number of anilines is 2. The van der Waals surface area contributed by atoms with Gasteiger partial charge in [0.15, 0.2) is 0 Å². The predicted molar refractivity (Wildman–Crippen MR) is 140 cm³/mol. The zero-order valence-electron chi connectivity index (χ0n) is 20.3. The molecular weight excluding hydrogens is 450 g/mol. The molecule has 0 bridgehead atoms. The number of nitriles is 2. The van der Waals surface area contributed by atoms with E-state index in [1.807, 2.05) is 42.5 Å². The Kier molecular flexibility index (Phi) is 6.18. The highest BCUT2D eigenvalue weighted by molar-refractivity contribution is 6.00. The van der Waals surface area contributed by atoms with E-state index >= 15 is 0 Å². The maximum atomic E-state index is 9.94. The van der Waals surface area contributed by atoms with Gasteiger partial charge in [-0.25, -0.2) is 9.97 Å². The highest BCUT2D eigenvalue weighted by atomic mass is 16.5. The van der Waals surface area contributed by atoms with Crippen LogP contribution in [0.4, 0.5) is 11.5 Å². The maximum Gasteiger partial charge on any atom is 0.147 e. The molecule has 1 saturated heterocycles. The standard InChI is InChI=1S/C28H27N7O/c1-18(2)35-16-23(26-27(31)32-17-33-28(26)35)20-6-8-21(9-7-20)36-25-5-3-4-24(22(25)15-30)34-12-10-19(14-29)11-13-34/h3-9,16-19H,10-13H2,1-2H3,(H2,31,32,33). The lowest BCUT2D eigenvalue weighted by Gasteiger charge is -2.32. The van der Waals surface area contributed by atoms with Crippen molar-refractivity contribution in [2.45, 2.75) is 32.7 Å². The molecular formula is C28H27N7O. The molecule has 0 unspecified atom stereocenters. The van der Waals surface area contributed by atoms with Crippen molar-refractivity contribution in [1.82, 2.24) is 14.5 Å². The fourth-order valence-electron chi connectivity index (χ4n) is 4.78. The molecule has 4 aromatic rings. The van der Waals surface area contributed by atoms with Gasteiger partial charge in [0.2, 0.25) is 0 Å². The monoisotopic (exact) mass is 477 g/mol. The SMILES string of the molecule is CC(C)n1cc(-c2ccc(Oc3cccc(N4CCC(C#N)CC4)c3C#N)cc2)c2c(N)ncnc21. The van der Waals surface area contributed by atoms with Crippen molar-refractivity contribution in [3.05, 3.63) is 60.6 Å². The summed E-state index contributed by atoms with van der Waals surface area (Å²) in [7, 11) is 0. The van der Waals surface area contributed by atoms with Crippen molar-refractivity contribution in [2.24, 2.45) is 5.92 Å². The predicted octanol–water partition coefficient (Wildman–Crippen LogP) is 5.67. The van der Waals surface area contributed by atoms with Crippen LogP contribution in [0.3, 0.4) is 0 Å². The van der Waals surface area contributed by atoms with Crippen LogP contribution in [0, 0.1) is 28.6 Å². The first kappa shape index (κ1) is 23.2. The van der Waals surface area contributed by atoms with E-state index in [0.29, 0.717) is 22.9 Å². The van der Waals surface area contributed by atoms with Crippen LogP contribution in [-0.2, 0) is 0 Å². The second kappa shape index (κ2) is 9.59. The van der Waals surface area contributed by atoms with Crippen molar-refractivity contribution >= 4 is 22.5 Å². The van der Waals surface area contributed by atoms with E-state index in [4.69, 9.17) is 10.5 Å². The topological polar surface area (TPSA) is 117 Å². The Labute approximate surface area is 210 Å². The Bertz CT molecular complexity index is 1480. The summed E-state index contributed by atoms with van der Waals surface area (Å²) < 4.78 is 8.26. The Balaban J connectivity index is 1.43. The van der Waals surface area contributed by atoms with Crippen LogP contribution < -0.4 is 15.4 Å². The van der Waals surface area contributed by atoms with Gasteiger partial charge in [-0.2, -0.15) is 10.5 Å². The first-order valence-corrected chi connectivity index (χ1v) is 12.1. The Morgan fingerprint density at radius 2 is 1.81 bits per heavy atom. The number of rotatable bonds is 5. The molecule has 0 aliphatic carbocycles. The number of hydrogen-bond acceptors (Lipinski definition) is 7. The third-order valence-electron chi connectivity index (χ3n) is 6.72. The van der Waals surface area contributed by atoms with E-state index in [2.05, 4.69) is 51.6 Å². The molecule has 0 saturated carbocycles. The lowest BCUT2D eigenvalue weighted by molar-refractivity contribution is 0.475. The molecule has 1 fully saturated rings. The van der Waals surface area contributed by atoms with Crippen LogP contribution in [0.2, 0.25) is 0 Å². The molecule has 36 heavy (non-hydrogen) atoms. The van der Waals surface area contributed by atoms with E-state index in [9.17, 15) is 10.5 Å². The molecule has 5 rings (SSSR count). The second-order valence-electron chi connectivity index (χ2n) is 9.28. The maximum absolute atomic E-state index is 9.94. The van der Waals surface area contributed by atoms with Gasteiger partial charge in [0.05, 0.1) is 17.1 Å². The van der Waals surface area contributed by atoms with Gasteiger partial charge in [0.1, 0.15) is 40.9 Å². The molecule has 8 nitrogen and oxygen atoms in total. The highest BCUT2D eigenvalue weighted by Gasteiger charge is 2.23. The van der Waals surface area contributed by atoms with E-state index in [1.165, 1.54) is 6.33 Å². The minimum atomic E-state index is 0.0845. The van der Waals surface area contributed by atoms with Gasteiger partial charge in [-0.05, 0) is 56.5 Å². The lowest BCUT2D eigenvalue weighted by atomic mass is 9.97. The molecule has 2 N–H and O–H groups in total. The summed E-state index contributed by atoms with van der Waals surface area (Å²) in [5.74, 6) is 1.68. The molecule has 8 heteroatoms. The zero-order valence-corrected chi connectivity index (χ0v) is 20.3. The van der Waals surface area contributed by atoms with Gasteiger partial charge >= 0.3 is 0 Å². The van der Waals surface area contributed by atoms with Crippen LogP contribution >= 0.6 is 0 Å². The van der Waals surface area contributed by atoms with Crippen molar-refractivity contribution < 1.29 is 4.74 Å². The summed E-state index contributed by atoms with van der Waals surface area (Å²) in [4.78, 5) is 10.8. The fraction of sp³-hybridized carbons (Fsp3) is 0.286. The average Bonchev–Trinajstić information content (AvgIpc) is 3.30. The Morgan fingerprint density at radius 3 is 2.47 bits per heavy atom. The second-order valence-corrected chi connectivity index (χ2v) is 9.28. The number of nitrogen functional groups attached to an aromatic ring is 1. The smallest absolute Gasteiger partial charge is 0.147 e. The summed E-state index contributed by atoms with van der Waals surface area (Å²) in [6.45, 7) is 5.71. The van der Waals surface area contributed by atoms with Gasteiger partial charge < -0.3 is 19.9 Å². The quantitative estimate of drug-likeness (QED) is 0.394. The molecule has 1 aliphatic rings. The lowest BCUT2D eigenvalue weighted by Crippen LogP contribution is -2.33. The summed E-state index contributed by atoms with van der Waals surface area (Å²) in [6.07, 6.45) is 5.15. The number of fused-ring (bicyclic) bond motifs is 1. The summed E-state index contributed by atoms with van der Waals surface area (Å²) in [5, 5.41) is 20.0. The van der Waals surface area contributed by atoms with Crippen LogP contribution in [0.15, 0.2) is 55.0 Å². The largest absolute Gasteiger partial charge is 0.456 e. The normalized spacial score (nSPS) is 14.1. The molecule has 0 spiro atoms. The molecule has 2 aromatic carbocycles. The Hall–Kier alpha value is -4.56. The van der Waals surface area contributed by atoms with Gasteiger partial charge in [-0.3, -0.25) is 0 Å². The molecule has 0 amide bonds. The molecule has 0 atom stereocenters. The Morgan fingerprint density at radius 1 is 1.06 bits per heavy atom. The molecule has 1 aliphatic heterocycles. The van der Waals surface area contributed by atoms with Gasteiger partial charge in [-0.1, -0.05) is 18.2 Å². The number of hydrogen-bond donors (Lipinski definition) is 1. The first-order chi connectivity index (χ1) is 17.5. The zero-order chi connectivity index (χ0) is 25.2.